The molecule has 6 heteroatoms. The summed E-state index contributed by atoms with van der Waals surface area (Å²) < 4.78 is 0. The minimum Gasteiger partial charge on any atom is -0.358 e. The first-order valence-electron chi connectivity index (χ1n) is 8.88. The Bertz CT molecular complexity index is 585. The highest BCUT2D eigenvalue weighted by Crippen LogP contribution is 2.29. The Labute approximate surface area is 154 Å². The van der Waals surface area contributed by atoms with Crippen LogP contribution < -0.4 is 16.2 Å². The van der Waals surface area contributed by atoms with Crippen molar-refractivity contribution in [3.05, 3.63) is 21.4 Å². The number of thiocarbonyl (C=S) groups is 1. The van der Waals surface area contributed by atoms with Gasteiger partial charge in [0.2, 0.25) is 0 Å². The highest BCUT2D eigenvalue weighted by molar-refractivity contribution is 7.80. The minimum atomic E-state index is -0.125. The van der Waals surface area contributed by atoms with E-state index in [4.69, 9.17) is 12.2 Å². The van der Waals surface area contributed by atoms with Gasteiger partial charge in [-0.25, -0.2) is 0 Å². The maximum Gasteiger partial charge on any atom is 0.279 e. The van der Waals surface area contributed by atoms with Crippen LogP contribution in [0.2, 0.25) is 0 Å². The second-order valence-corrected chi connectivity index (χ2v) is 8.53. The zero-order chi connectivity index (χ0) is 17.7. The summed E-state index contributed by atoms with van der Waals surface area (Å²) in [5.41, 5.74) is 6.83. The summed E-state index contributed by atoms with van der Waals surface area (Å²) in [6, 6.07) is 2.37. The van der Waals surface area contributed by atoms with Gasteiger partial charge in [0.15, 0.2) is 5.11 Å². The van der Waals surface area contributed by atoms with Crippen molar-refractivity contribution in [2.75, 3.05) is 0 Å². The van der Waals surface area contributed by atoms with Crippen LogP contribution in [-0.2, 0) is 6.42 Å². The lowest BCUT2D eigenvalue weighted by Gasteiger charge is -2.35. The number of amides is 1. The summed E-state index contributed by atoms with van der Waals surface area (Å²) in [6.45, 7) is 8.78. The molecule has 24 heavy (non-hydrogen) atoms. The van der Waals surface area contributed by atoms with Crippen molar-refractivity contribution >= 4 is 34.6 Å². The van der Waals surface area contributed by atoms with Gasteiger partial charge in [0.25, 0.3) is 5.91 Å². The van der Waals surface area contributed by atoms with Crippen molar-refractivity contribution in [2.24, 2.45) is 11.8 Å². The predicted octanol–water partition coefficient (Wildman–Crippen LogP) is 3.94. The Morgan fingerprint density at radius 3 is 2.79 bits per heavy atom. The Kier molecular flexibility index (Phi) is 7.04. The van der Waals surface area contributed by atoms with Crippen LogP contribution in [-0.4, -0.2) is 17.1 Å². The lowest BCUT2D eigenvalue weighted by atomic mass is 9.78. The average molecular weight is 368 g/mol. The van der Waals surface area contributed by atoms with Gasteiger partial charge in [0.05, 0.1) is 4.88 Å². The van der Waals surface area contributed by atoms with Crippen molar-refractivity contribution < 1.29 is 4.79 Å². The van der Waals surface area contributed by atoms with Crippen LogP contribution in [0.3, 0.4) is 0 Å². The highest BCUT2D eigenvalue weighted by atomic mass is 32.1. The molecule has 0 aliphatic heterocycles. The fourth-order valence-electron chi connectivity index (χ4n) is 3.31. The van der Waals surface area contributed by atoms with Gasteiger partial charge >= 0.3 is 0 Å². The van der Waals surface area contributed by atoms with Gasteiger partial charge in [0.1, 0.15) is 0 Å². The molecule has 3 N–H and O–H groups in total. The third-order valence-electron chi connectivity index (χ3n) is 5.08. The molecule has 1 fully saturated rings. The summed E-state index contributed by atoms with van der Waals surface area (Å²) in [7, 11) is 0. The summed E-state index contributed by atoms with van der Waals surface area (Å²) in [5.74, 6) is 1.17. The Hall–Kier alpha value is -1.14. The van der Waals surface area contributed by atoms with Crippen LogP contribution >= 0.6 is 23.6 Å². The normalized spacial score (nSPS) is 23.6. The van der Waals surface area contributed by atoms with Crippen LogP contribution in [0.15, 0.2) is 6.07 Å². The fraction of sp³-hybridized carbons (Fsp3) is 0.667. The summed E-state index contributed by atoms with van der Waals surface area (Å²) in [4.78, 5) is 14.2. The number of thiophene rings is 1. The smallest absolute Gasteiger partial charge is 0.279 e. The van der Waals surface area contributed by atoms with Gasteiger partial charge in [-0.1, -0.05) is 40.0 Å². The van der Waals surface area contributed by atoms with Gasteiger partial charge in [-0.3, -0.25) is 15.6 Å². The first-order valence-corrected chi connectivity index (χ1v) is 10.1. The number of hydrogen-bond donors (Lipinski definition) is 3. The second kappa shape index (κ2) is 8.81. The number of rotatable bonds is 4. The number of aryl methyl sites for hydroxylation is 2. The van der Waals surface area contributed by atoms with E-state index in [0.29, 0.717) is 23.0 Å². The van der Waals surface area contributed by atoms with E-state index < -0.39 is 0 Å². The van der Waals surface area contributed by atoms with Crippen molar-refractivity contribution in [3.8, 4) is 0 Å². The zero-order valence-electron chi connectivity index (χ0n) is 15.1. The number of carbonyl (C=O) groups is 1. The van der Waals surface area contributed by atoms with E-state index in [1.165, 1.54) is 34.6 Å². The number of nitrogens with one attached hydrogen (secondary N) is 3. The molecule has 134 valence electrons. The Morgan fingerprint density at radius 2 is 2.08 bits per heavy atom. The van der Waals surface area contributed by atoms with Crippen molar-refractivity contribution in [1.29, 1.82) is 0 Å². The van der Waals surface area contributed by atoms with Gasteiger partial charge in [-0.05, 0) is 55.4 Å². The van der Waals surface area contributed by atoms with Gasteiger partial charge in [-0.15, -0.1) is 11.3 Å². The molecule has 3 atom stereocenters. The largest absolute Gasteiger partial charge is 0.358 e. The van der Waals surface area contributed by atoms with Gasteiger partial charge in [-0.2, -0.15) is 0 Å². The predicted molar refractivity (Wildman–Crippen MR) is 105 cm³/mol. The van der Waals surface area contributed by atoms with E-state index in [2.05, 4.69) is 43.9 Å². The Balaban J connectivity index is 1.82. The number of carbonyl (C=O) groups excluding carboxylic acids is 1. The zero-order valence-corrected chi connectivity index (χ0v) is 16.7. The lowest BCUT2D eigenvalue weighted by molar-refractivity contribution is 0.0947. The van der Waals surface area contributed by atoms with E-state index in [-0.39, 0.29) is 5.91 Å². The number of hydrogen-bond acceptors (Lipinski definition) is 3. The SMILES string of the molecule is CCCc1cc(C(=O)NNC(=S)N[C@H]2CCC[C@@H](C)[C@@H]2C)sc1C. The van der Waals surface area contributed by atoms with Crippen molar-refractivity contribution in [1.82, 2.24) is 16.2 Å². The maximum atomic E-state index is 12.3. The fourth-order valence-corrected chi connectivity index (χ4v) is 4.48. The van der Waals surface area contributed by atoms with E-state index in [1.807, 2.05) is 6.07 Å². The third-order valence-corrected chi connectivity index (χ3v) is 6.39. The number of hydrazine groups is 1. The lowest BCUT2D eigenvalue weighted by Crippen LogP contribution is -2.52. The van der Waals surface area contributed by atoms with Crippen LogP contribution in [0.25, 0.3) is 0 Å². The molecule has 1 heterocycles. The third kappa shape index (κ3) is 4.93. The average Bonchev–Trinajstić information content (AvgIpc) is 2.91. The molecule has 0 radical (unpaired) electrons. The van der Waals surface area contributed by atoms with E-state index in [1.54, 1.807) is 0 Å². The molecule has 0 aromatic carbocycles. The maximum absolute atomic E-state index is 12.3. The Morgan fingerprint density at radius 1 is 1.33 bits per heavy atom. The molecule has 0 spiro atoms. The molecule has 1 saturated carbocycles. The molecular formula is C18H29N3OS2. The van der Waals surface area contributed by atoms with Crippen molar-refractivity contribution in [2.45, 2.75) is 65.8 Å². The van der Waals surface area contributed by atoms with Crippen LogP contribution in [0, 0.1) is 18.8 Å². The monoisotopic (exact) mass is 367 g/mol. The molecule has 1 aliphatic rings. The van der Waals surface area contributed by atoms with Crippen LogP contribution in [0.5, 0.6) is 0 Å². The quantitative estimate of drug-likeness (QED) is 0.557. The topological polar surface area (TPSA) is 53.2 Å². The molecule has 0 saturated heterocycles. The van der Waals surface area contributed by atoms with E-state index >= 15 is 0 Å². The van der Waals surface area contributed by atoms with Crippen LogP contribution in [0.1, 0.15) is 66.6 Å². The molecular weight excluding hydrogens is 338 g/mol. The minimum absolute atomic E-state index is 0.125. The van der Waals surface area contributed by atoms with E-state index in [9.17, 15) is 4.79 Å². The summed E-state index contributed by atoms with van der Waals surface area (Å²) in [6.07, 6.45) is 5.75. The molecule has 0 bridgehead atoms. The van der Waals surface area contributed by atoms with Gasteiger partial charge < -0.3 is 5.32 Å². The van der Waals surface area contributed by atoms with E-state index in [0.717, 1.165) is 24.1 Å². The molecule has 2 rings (SSSR count). The molecule has 1 aliphatic carbocycles. The first-order chi connectivity index (χ1) is 11.4. The molecule has 1 aromatic rings. The highest BCUT2D eigenvalue weighted by Gasteiger charge is 2.27. The molecule has 0 unspecified atom stereocenters. The molecule has 1 aromatic heterocycles. The standard InChI is InChI=1S/C18H29N3OS2/c1-5-7-14-10-16(24-13(14)4)17(22)20-21-18(23)19-15-9-6-8-11(2)12(15)3/h10-12,15H,5-9H2,1-4H3,(H,20,22)(H2,19,21,23)/t11-,12+,15+/m1/s1. The summed E-state index contributed by atoms with van der Waals surface area (Å²) in [5, 5.41) is 3.85. The summed E-state index contributed by atoms with van der Waals surface area (Å²) >= 11 is 6.87. The molecule has 4 nitrogen and oxygen atoms in total. The van der Waals surface area contributed by atoms with Gasteiger partial charge in [0, 0.05) is 10.9 Å². The molecule has 1 amide bonds. The second-order valence-electron chi connectivity index (χ2n) is 6.87. The van der Waals surface area contributed by atoms with Crippen molar-refractivity contribution in [3.63, 3.8) is 0 Å². The first kappa shape index (κ1) is 19.2. The van der Waals surface area contributed by atoms with Crippen LogP contribution in [0.4, 0.5) is 0 Å².